The fourth-order valence-electron chi connectivity index (χ4n) is 1.92. The molecular formula is C14H10Cl2N2O2S. The number of rotatable bonds is 4. The maximum absolute atomic E-state index is 12.2. The minimum Gasteiger partial charge on any atom is -0.489 e. The number of fused-ring (bicyclic) bond motifs is 1. The standard InChI is InChI=1S/C14H10Cl2N2O2S/c15-10-2-1-3-11(16)12(10)20-6-5-18-8-17-13-9(14(18)19)4-7-21-13/h1-4,7-8H,5-6H2. The van der Waals surface area contributed by atoms with Crippen molar-refractivity contribution < 1.29 is 4.74 Å². The number of nitrogens with zero attached hydrogens (tertiary/aromatic N) is 2. The lowest BCUT2D eigenvalue weighted by Gasteiger charge is -2.10. The van der Waals surface area contributed by atoms with E-state index in [4.69, 9.17) is 27.9 Å². The second-order valence-electron chi connectivity index (χ2n) is 4.28. The first-order valence-electron chi connectivity index (χ1n) is 6.16. The van der Waals surface area contributed by atoms with Crippen LogP contribution in [0.5, 0.6) is 5.75 Å². The van der Waals surface area contributed by atoms with Gasteiger partial charge in [-0.2, -0.15) is 0 Å². The summed E-state index contributed by atoms with van der Waals surface area (Å²) in [7, 11) is 0. The molecule has 0 aliphatic carbocycles. The molecule has 0 saturated heterocycles. The Bertz CT molecular complexity index is 824. The Morgan fingerprint density at radius 3 is 2.76 bits per heavy atom. The van der Waals surface area contributed by atoms with E-state index in [0.717, 1.165) is 4.83 Å². The zero-order valence-electron chi connectivity index (χ0n) is 10.8. The Labute approximate surface area is 134 Å². The van der Waals surface area contributed by atoms with Crippen molar-refractivity contribution in [2.75, 3.05) is 6.61 Å². The predicted molar refractivity (Wildman–Crippen MR) is 85.8 cm³/mol. The topological polar surface area (TPSA) is 44.1 Å². The molecule has 0 saturated carbocycles. The van der Waals surface area contributed by atoms with Crippen LogP contribution in [0, 0.1) is 0 Å². The normalized spacial score (nSPS) is 11.0. The molecule has 7 heteroatoms. The van der Waals surface area contributed by atoms with Crippen molar-refractivity contribution in [3.05, 3.63) is 56.4 Å². The molecule has 0 fully saturated rings. The summed E-state index contributed by atoms with van der Waals surface area (Å²) in [5.41, 5.74) is -0.0740. The van der Waals surface area contributed by atoms with Crippen LogP contribution in [0.15, 0.2) is 40.8 Å². The van der Waals surface area contributed by atoms with Crippen LogP contribution in [0.25, 0.3) is 10.2 Å². The molecule has 0 aliphatic heterocycles. The molecule has 0 spiro atoms. The van der Waals surface area contributed by atoms with Gasteiger partial charge in [0.25, 0.3) is 5.56 Å². The minimum absolute atomic E-state index is 0.0740. The number of benzene rings is 1. The molecule has 21 heavy (non-hydrogen) atoms. The number of hydrogen-bond donors (Lipinski definition) is 0. The summed E-state index contributed by atoms with van der Waals surface area (Å²) in [6.07, 6.45) is 1.53. The van der Waals surface area contributed by atoms with E-state index in [1.54, 1.807) is 24.3 Å². The minimum atomic E-state index is -0.0740. The fraction of sp³-hybridized carbons (Fsp3) is 0.143. The van der Waals surface area contributed by atoms with Crippen molar-refractivity contribution in [1.82, 2.24) is 9.55 Å². The Morgan fingerprint density at radius 1 is 1.24 bits per heavy atom. The highest BCUT2D eigenvalue weighted by Gasteiger charge is 2.08. The van der Waals surface area contributed by atoms with E-state index in [1.807, 2.05) is 5.38 Å². The van der Waals surface area contributed by atoms with Crippen LogP contribution in [0.2, 0.25) is 10.0 Å². The van der Waals surface area contributed by atoms with Crippen molar-refractivity contribution in [3.8, 4) is 5.75 Å². The monoisotopic (exact) mass is 340 g/mol. The average Bonchev–Trinajstić information content (AvgIpc) is 2.93. The average molecular weight is 341 g/mol. The third-order valence-electron chi connectivity index (χ3n) is 2.95. The molecule has 3 rings (SSSR count). The molecule has 0 aliphatic rings. The molecule has 3 aromatic rings. The summed E-state index contributed by atoms with van der Waals surface area (Å²) >= 11 is 13.5. The molecule has 4 nitrogen and oxygen atoms in total. The fourth-order valence-corrected chi connectivity index (χ4v) is 3.15. The number of para-hydroxylation sites is 1. The van der Waals surface area contributed by atoms with Crippen LogP contribution in [-0.2, 0) is 6.54 Å². The highest BCUT2D eigenvalue weighted by Crippen LogP contribution is 2.32. The molecule has 0 atom stereocenters. The molecule has 0 bridgehead atoms. The van der Waals surface area contributed by atoms with Gasteiger partial charge in [-0.05, 0) is 23.6 Å². The summed E-state index contributed by atoms with van der Waals surface area (Å²) in [6.45, 7) is 0.653. The molecule has 2 heterocycles. The Kier molecular flexibility index (Phi) is 4.14. The van der Waals surface area contributed by atoms with Crippen LogP contribution in [0.1, 0.15) is 0 Å². The predicted octanol–water partition coefficient (Wildman–Crippen LogP) is 3.84. The Balaban J connectivity index is 1.75. The van der Waals surface area contributed by atoms with Crippen molar-refractivity contribution in [1.29, 1.82) is 0 Å². The van der Waals surface area contributed by atoms with Gasteiger partial charge in [-0.15, -0.1) is 11.3 Å². The zero-order chi connectivity index (χ0) is 14.8. The lowest BCUT2D eigenvalue weighted by Crippen LogP contribution is -2.23. The summed E-state index contributed by atoms with van der Waals surface area (Å²) in [5, 5.41) is 3.37. The molecule has 2 aromatic heterocycles. The summed E-state index contributed by atoms with van der Waals surface area (Å²) in [6, 6.07) is 6.93. The van der Waals surface area contributed by atoms with E-state index in [2.05, 4.69) is 4.98 Å². The number of aromatic nitrogens is 2. The number of hydrogen-bond acceptors (Lipinski definition) is 4. The van der Waals surface area contributed by atoms with E-state index in [9.17, 15) is 4.79 Å². The van der Waals surface area contributed by atoms with Gasteiger partial charge >= 0.3 is 0 Å². The van der Waals surface area contributed by atoms with E-state index in [-0.39, 0.29) is 12.2 Å². The Hall–Kier alpha value is -1.56. The van der Waals surface area contributed by atoms with Crippen LogP contribution in [0.4, 0.5) is 0 Å². The Morgan fingerprint density at radius 2 is 2.00 bits per heavy atom. The number of ether oxygens (including phenoxy) is 1. The van der Waals surface area contributed by atoms with E-state index < -0.39 is 0 Å². The SMILES string of the molecule is O=c1c2ccsc2ncn1CCOc1c(Cl)cccc1Cl. The lowest BCUT2D eigenvalue weighted by molar-refractivity contribution is 0.296. The lowest BCUT2D eigenvalue weighted by atomic mass is 10.3. The zero-order valence-corrected chi connectivity index (χ0v) is 13.1. The first-order valence-corrected chi connectivity index (χ1v) is 7.80. The second-order valence-corrected chi connectivity index (χ2v) is 5.99. The van der Waals surface area contributed by atoms with Gasteiger partial charge in [-0.3, -0.25) is 9.36 Å². The molecule has 0 amide bonds. The maximum Gasteiger partial charge on any atom is 0.262 e. The van der Waals surface area contributed by atoms with Crippen LogP contribution in [-0.4, -0.2) is 16.2 Å². The van der Waals surface area contributed by atoms with Crippen LogP contribution in [0.3, 0.4) is 0 Å². The van der Waals surface area contributed by atoms with E-state index in [1.165, 1.54) is 22.2 Å². The third-order valence-corrected chi connectivity index (χ3v) is 4.36. The van der Waals surface area contributed by atoms with Crippen LogP contribution < -0.4 is 10.3 Å². The smallest absolute Gasteiger partial charge is 0.262 e. The maximum atomic E-state index is 12.2. The van der Waals surface area contributed by atoms with Crippen molar-refractivity contribution >= 4 is 44.8 Å². The first-order chi connectivity index (χ1) is 10.2. The molecular weight excluding hydrogens is 331 g/mol. The van der Waals surface area contributed by atoms with Gasteiger partial charge in [0.1, 0.15) is 11.4 Å². The van der Waals surface area contributed by atoms with Crippen LogP contribution >= 0.6 is 34.5 Å². The highest BCUT2D eigenvalue weighted by atomic mass is 35.5. The summed E-state index contributed by atoms with van der Waals surface area (Å²) in [4.78, 5) is 17.2. The first kappa shape index (κ1) is 14.4. The highest BCUT2D eigenvalue weighted by molar-refractivity contribution is 7.16. The van der Waals surface area contributed by atoms with Gasteiger partial charge in [0.05, 0.1) is 28.3 Å². The molecule has 1 aromatic carbocycles. The number of halogens is 2. The summed E-state index contributed by atoms with van der Waals surface area (Å²) < 4.78 is 7.08. The molecule has 0 radical (unpaired) electrons. The summed E-state index contributed by atoms with van der Waals surface area (Å²) in [5.74, 6) is 0.429. The molecule has 0 N–H and O–H groups in total. The van der Waals surface area contributed by atoms with Crippen molar-refractivity contribution in [2.45, 2.75) is 6.54 Å². The van der Waals surface area contributed by atoms with Gasteiger partial charge in [0.15, 0.2) is 5.75 Å². The molecule has 0 unspecified atom stereocenters. The van der Waals surface area contributed by atoms with Gasteiger partial charge in [0, 0.05) is 0 Å². The quantitative estimate of drug-likeness (QED) is 0.724. The van der Waals surface area contributed by atoms with Gasteiger partial charge in [0.2, 0.25) is 0 Å². The van der Waals surface area contributed by atoms with E-state index in [0.29, 0.717) is 27.7 Å². The van der Waals surface area contributed by atoms with Gasteiger partial charge < -0.3 is 4.74 Å². The number of thiophene rings is 1. The van der Waals surface area contributed by atoms with Crippen molar-refractivity contribution in [3.63, 3.8) is 0 Å². The largest absolute Gasteiger partial charge is 0.489 e. The third kappa shape index (κ3) is 2.90. The van der Waals surface area contributed by atoms with Crippen molar-refractivity contribution in [2.24, 2.45) is 0 Å². The van der Waals surface area contributed by atoms with E-state index >= 15 is 0 Å². The van der Waals surface area contributed by atoms with Gasteiger partial charge in [-0.25, -0.2) is 4.98 Å². The second kappa shape index (κ2) is 6.05. The van der Waals surface area contributed by atoms with Gasteiger partial charge in [-0.1, -0.05) is 29.3 Å². The molecule has 108 valence electrons.